The van der Waals surface area contributed by atoms with Gasteiger partial charge >= 0.3 is 0 Å². The van der Waals surface area contributed by atoms with Gasteiger partial charge in [-0.1, -0.05) is 42.4 Å². The zero-order valence-electron chi connectivity index (χ0n) is 18.9. The fourth-order valence-corrected chi connectivity index (χ4v) is 4.59. The Kier molecular flexibility index (Phi) is 7.12. The van der Waals surface area contributed by atoms with Crippen LogP contribution in [0.4, 0.5) is 11.4 Å². The van der Waals surface area contributed by atoms with Crippen LogP contribution in [0.15, 0.2) is 53.7 Å². The highest BCUT2D eigenvalue weighted by atomic mass is 32.2. The number of carbonyl (C=O) groups excluding carboxylic acids is 1. The summed E-state index contributed by atoms with van der Waals surface area (Å²) < 4.78 is 1.93. The number of carbonyl (C=O) groups is 1. The molecule has 0 bridgehead atoms. The second-order valence-corrected chi connectivity index (χ2v) is 8.98. The third kappa shape index (κ3) is 5.31. The minimum Gasteiger partial charge on any atom is -0.369 e. The van der Waals surface area contributed by atoms with Crippen molar-refractivity contribution in [2.24, 2.45) is 7.05 Å². The Labute approximate surface area is 193 Å². The van der Waals surface area contributed by atoms with Gasteiger partial charge in [0.25, 0.3) is 0 Å². The summed E-state index contributed by atoms with van der Waals surface area (Å²) in [6.45, 7) is 9.65. The summed E-state index contributed by atoms with van der Waals surface area (Å²) in [5.41, 5.74) is 4.21. The summed E-state index contributed by atoms with van der Waals surface area (Å²) in [5.74, 6) is 1.02. The molecule has 1 aromatic heterocycles. The molecule has 8 heteroatoms. The van der Waals surface area contributed by atoms with E-state index in [0.29, 0.717) is 0 Å². The van der Waals surface area contributed by atoms with E-state index < -0.39 is 0 Å². The highest BCUT2D eigenvalue weighted by molar-refractivity contribution is 7.99. The van der Waals surface area contributed by atoms with Crippen molar-refractivity contribution in [3.8, 4) is 11.4 Å². The van der Waals surface area contributed by atoms with Crippen LogP contribution < -0.4 is 10.2 Å². The van der Waals surface area contributed by atoms with E-state index in [2.05, 4.69) is 63.4 Å². The molecule has 2 heterocycles. The maximum atomic E-state index is 12.5. The van der Waals surface area contributed by atoms with Crippen molar-refractivity contribution in [2.45, 2.75) is 19.0 Å². The average Bonchev–Trinajstić information content (AvgIpc) is 3.18. The van der Waals surface area contributed by atoms with Crippen LogP contribution in [0.5, 0.6) is 0 Å². The van der Waals surface area contributed by atoms with Crippen molar-refractivity contribution in [1.82, 2.24) is 19.7 Å². The van der Waals surface area contributed by atoms with Crippen molar-refractivity contribution in [3.63, 3.8) is 0 Å². The lowest BCUT2D eigenvalue weighted by Crippen LogP contribution is -2.46. The molecule has 4 rings (SSSR count). The lowest BCUT2D eigenvalue weighted by molar-refractivity contribution is -0.113. The number of thioether (sulfide) groups is 1. The van der Waals surface area contributed by atoms with Gasteiger partial charge < -0.3 is 19.7 Å². The van der Waals surface area contributed by atoms with E-state index in [9.17, 15) is 4.79 Å². The number of benzene rings is 2. The van der Waals surface area contributed by atoms with Gasteiger partial charge in [0.05, 0.1) is 5.75 Å². The smallest absolute Gasteiger partial charge is 0.234 e. The third-order valence-corrected chi connectivity index (χ3v) is 6.80. The highest BCUT2D eigenvalue weighted by Gasteiger charge is 2.16. The van der Waals surface area contributed by atoms with Gasteiger partial charge in [0.15, 0.2) is 11.0 Å². The number of aromatic nitrogens is 3. The third-order valence-electron chi connectivity index (χ3n) is 5.78. The monoisotopic (exact) mass is 450 g/mol. The minimum absolute atomic E-state index is 0.0561. The molecule has 1 saturated heterocycles. The first-order chi connectivity index (χ1) is 15.5. The number of aryl methyl sites for hydroxylation is 1. The lowest BCUT2D eigenvalue weighted by Gasteiger charge is -2.35. The van der Waals surface area contributed by atoms with E-state index in [1.165, 1.54) is 23.0 Å². The van der Waals surface area contributed by atoms with Gasteiger partial charge in [0.1, 0.15) is 0 Å². The Hall–Kier alpha value is -2.84. The molecular formula is C24H30N6OS. The molecule has 1 amide bonds. The number of nitrogens with zero attached hydrogens (tertiary/aromatic N) is 5. The number of nitrogens with one attached hydrogen (secondary N) is 1. The van der Waals surface area contributed by atoms with E-state index >= 15 is 0 Å². The summed E-state index contributed by atoms with van der Waals surface area (Å²) >= 11 is 1.39. The van der Waals surface area contributed by atoms with Gasteiger partial charge in [0, 0.05) is 50.2 Å². The lowest BCUT2D eigenvalue weighted by atomic mass is 10.1. The molecule has 168 valence electrons. The zero-order valence-corrected chi connectivity index (χ0v) is 19.7. The fraction of sp³-hybridized carbons (Fsp3) is 0.375. The molecule has 3 aromatic rings. The first kappa shape index (κ1) is 22.4. The van der Waals surface area contributed by atoms with Crippen LogP contribution in [0, 0.1) is 6.92 Å². The summed E-state index contributed by atoms with van der Waals surface area (Å²) in [6, 6.07) is 16.3. The molecule has 1 N–H and O–H groups in total. The number of piperazine rings is 1. The van der Waals surface area contributed by atoms with E-state index in [0.717, 1.165) is 55.0 Å². The van der Waals surface area contributed by atoms with Gasteiger partial charge in [-0.2, -0.15) is 0 Å². The predicted molar refractivity (Wildman–Crippen MR) is 131 cm³/mol. The van der Waals surface area contributed by atoms with Gasteiger partial charge in [-0.15, -0.1) is 10.2 Å². The van der Waals surface area contributed by atoms with Crippen LogP contribution in [-0.4, -0.2) is 64.0 Å². The number of anilines is 2. The Balaban J connectivity index is 1.30. The average molecular weight is 451 g/mol. The quantitative estimate of drug-likeness (QED) is 0.554. The molecule has 2 aromatic carbocycles. The van der Waals surface area contributed by atoms with E-state index in [1.807, 2.05) is 35.9 Å². The van der Waals surface area contributed by atoms with Crippen LogP contribution in [0.2, 0.25) is 0 Å². The van der Waals surface area contributed by atoms with Crippen LogP contribution in [0.1, 0.15) is 12.5 Å². The maximum Gasteiger partial charge on any atom is 0.234 e. The molecule has 0 saturated carbocycles. The van der Waals surface area contributed by atoms with Crippen LogP contribution in [0.25, 0.3) is 11.4 Å². The summed E-state index contributed by atoms with van der Waals surface area (Å²) in [5, 5.41) is 12.3. The van der Waals surface area contributed by atoms with E-state index in [4.69, 9.17) is 0 Å². The van der Waals surface area contributed by atoms with Crippen molar-refractivity contribution in [3.05, 3.63) is 54.1 Å². The molecule has 0 radical (unpaired) electrons. The fourth-order valence-electron chi connectivity index (χ4n) is 3.88. The van der Waals surface area contributed by atoms with Crippen molar-refractivity contribution >= 4 is 29.0 Å². The molecule has 0 atom stereocenters. The number of hydrogen-bond donors (Lipinski definition) is 1. The van der Waals surface area contributed by atoms with Crippen LogP contribution in [-0.2, 0) is 11.8 Å². The second kappa shape index (κ2) is 10.2. The molecule has 32 heavy (non-hydrogen) atoms. The van der Waals surface area contributed by atoms with Crippen LogP contribution >= 0.6 is 11.8 Å². The molecule has 0 aliphatic carbocycles. The second-order valence-electron chi connectivity index (χ2n) is 8.04. The molecule has 0 unspecified atom stereocenters. The van der Waals surface area contributed by atoms with E-state index in [-0.39, 0.29) is 11.7 Å². The standard InChI is InChI=1S/C24H30N6OS/c1-4-29-12-14-30(15-13-29)21-10-8-20(9-11-21)25-22(31)17-32-24-27-26-23(28(24)3)19-7-5-6-18(2)16-19/h5-11,16H,4,12-15,17H2,1-3H3,(H,25,31). The molecule has 1 fully saturated rings. The largest absolute Gasteiger partial charge is 0.369 e. The number of likely N-dealkylation sites (N-methyl/N-ethyl adjacent to an activating group) is 1. The van der Waals surface area contributed by atoms with Gasteiger partial charge in [-0.3, -0.25) is 4.79 Å². The molecule has 1 aliphatic rings. The predicted octanol–water partition coefficient (Wildman–Crippen LogP) is 3.66. The Morgan fingerprint density at radius 2 is 1.81 bits per heavy atom. The molecule has 7 nitrogen and oxygen atoms in total. The highest BCUT2D eigenvalue weighted by Crippen LogP contribution is 2.24. The van der Waals surface area contributed by atoms with Crippen molar-refractivity contribution < 1.29 is 4.79 Å². The molecule has 0 spiro atoms. The van der Waals surface area contributed by atoms with Crippen molar-refractivity contribution in [2.75, 3.05) is 48.7 Å². The van der Waals surface area contributed by atoms with Crippen LogP contribution in [0.3, 0.4) is 0 Å². The minimum atomic E-state index is -0.0561. The van der Waals surface area contributed by atoms with Gasteiger partial charge in [-0.25, -0.2) is 0 Å². The summed E-state index contributed by atoms with van der Waals surface area (Å²) in [7, 11) is 1.93. The summed E-state index contributed by atoms with van der Waals surface area (Å²) in [6.07, 6.45) is 0. The van der Waals surface area contributed by atoms with E-state index in [1.54, 1.807) is 0 Å². The number of amides is 1. The number of hydrogen-bond acceptors (Lipinski definition) is 6. The molecule has 1 aliphatic heterocycles. The molecular weight excluding hydrogens is 420 g/mol. The summed E-state index contributed by atoms with van der Waals surface area (Å²) in [4.78, 5) is 17.3. The number of rotatable bonds is 7. The van der Waals surface area contributed by atoms with Gasteiger partial charge in [-0.05, 0) is 43.8 Å². The first-order valence-corrected chi connectivity index (χ1v) is 12.0. The topological polar surface area (TPSA) is 66.3 Å². The Morgan fingerprint density at radius 1 is 1.06 bits per heavy atom. The Bertz CT molecular complexity index is 1060. The normalized spacial score (nSPS) is 14.5. The first-order valence-electron chi connectivity index (χ1n) is 11.0. The maximum absolute atomic E-state index is 12.5. The van der Waals surface area contributed by atoms with Crippen molar-refractivity contribution in [1.29, 1.82) is 0 Å². The Morgan fingerprint density at radius 3 is 2.50 bits per heavy atom. The SMILES string of the molecule is CCN1CCN(c2ccc(NC(=O)CSc3nnc(-c4cccc(C)c4)n3C)cc2)CC1. The van der Waals surface area contributed by atoms with Gasteiger partial charge in [0.2, 0.25) is 5.91 Å². The zero-order chi connectivity index (χ0) is 22.5.